The van der Waals surface area contributed by atoms with E-state index in [1.165, 1.54) is 12.3 Å². The number of nitrogens with zero attached hydrogens (tertiary/aromatic N) is 1. The van der Waals surface area contributed by atoms with Gasteiger partial charge in [-0.25, -0.2) is 0 Å². The monoisotopic (exact) mass is 135 g/mol. The molecular weight excluding hydrogens is 133 g/mol. The molecule has 0 bridgehead atoms. The van der Waals surface area contributed by atoms with E-state index < -0.39 is 5.97 Å². The van der Waals surface area contributed by atoms with Crippen LogP contribution in [0.3, 0.4) is 0 Å². The standard InChI is InChI=1S/C4H3NO2.K/c6-4(7)3-1-2-5-3;/h1-2H,(H,6,7);/q;+1/p-1. The Bertz CT molecular complexity index is 161. The maximum atomic E-state index is 9.69. The van der Waals surface area contributed by atoms with Gasteiger partial charge in [-0.1, -0.05) is 0 Å². The molecule has 0 fully saturated rings. The normalized spacial score (nSPS) is 13.2. The number of carboxylic acid groups (broad SMARTS) is 1. The van der Waals surface area contributed by atoms with Crippen LogP contribution in [0.25, 0.3) is 0 Å². The molecule has 8 heavy (non-hydrogen) atoms. The number of carbonyl (C=O) groups is 1. The minimum Gasteiger partial charge on any atom is -0.543 e. The molecule has 0 aliphatic carbocycles. The first-order chi connectivity index (χ1) is 3.30. The molecule has 0 spiro atoms. The molecular formula is C4H2KNO2. The molecule has 0 atom stereocenters. The SMILES string of the molecule is O=C([O-])C1=NC=C1.[K+]. The van der Waals surface area contributed by atoms with Crippen LogP contribution >= 0.6 is 0 Å². The third kappa shape index (κ3) is 1.79. The van der Waals surface area contributed by atoms with Crippen molar-refractivity contribution in [3.63, 3.8) is 0 Å². The summed E-state index contributed by atoms with van der Waals surface area (Å²) < 4.78 is 0. The largest absolute Gasteiger partial charge is 1.00 e. The fourth-order valence-electron chi connectivity index (χ4n) is 0.270. The van der Waals surface area contributed by atoms with Crippen LogP contribution in [0.15, 0.2) is 17.3 Å². The first-order valence-corrected chi connectivity index (χ1v) is 1.76. The predicted molar refractivity (Wildman–Crippen MR) is 21.6 cm³/mol. The molecule has 0 N–H and O–H groups in total. The smallest absolute Gasteiger partial charge is 0.543 e. The van der Waals surface area contributed by atoms with Crippen molar-refractivity contribution in [1.29, 1.82) is 0 Å². The van der Waals surface area contributed by atoms with Gasteiger partial charge in [-0.15, -0.1) is 0 Å². The average molecular weight is 135 g/mol. The van der Waals surface area contributed by atoms with Crippen molar-refractivity contribution in [3.8, 4) is 0 Å². The van der Waals surface area contributed by atoms with Crippen molar-refractivity contribution in [2.24, 2.45) is 4.99 Å². The van der Waals surface area contributed by atoms with E-state index in [4.69, 9.17) is 0 Å². The van der Waals surface area contributed by atoms with Crippen molar-refractivity contribution < 1.29 is 61.3 Å². The van der Waals surface area contributed by atoms with Crippen LogP contribution in [-0.2, 0) is 4.79 Å². The number of hydrogen-bond acceptors (Lipinski definition) is 3. The van der Waals surface area contributed by atoms with Crippen molar-refractivity contribution >= 4 is 11.7 Å². The van der Waals surface area contributed by atoms with E-state index in [0.29, 0.717) is 0 Å². The Balaban J connectivity index is 0.000000490. The molecule has 36 valence electrons. The minimum atomic E-state index is -1.21. The number of carboxylic acids is 1. The average Bonchev–Trinajstić information content (AvgIpc) is 1.23. The van der Waals surface area contributed by atoms with E-state index in [1.54, 1.807) is 0 Å². The fourth-order valence-corrected chi connectivity index (χ4v) is 0.270. The zero-order valence-electron chi connectivity index (χ0n) is 4.42. The molecule has 0 amide bonds. The van der Waals surface area contributed by atoms with Crippen molar-refractivity contribution in [3.05, 3.63) is 12.3 Å². The second-order valence-electron chi connectivity index (χ2n) is 1.12. The second kappa shape index (κ2) is 3.52. The molecule has 0 aromatic carbocycles. The van der Waals surface area contributed by atoms with Gasteiger partial charge < -0.3 is 9.90 Å². The molecule has 3 nitrogen and oxygen atoms in total. The first-order valence-electron chi connectivity index (χ1n) is 1.76. The molecule has 0 unspecified atom stereocenters. The Morgan fingerprint density at radius 1 is 1.75 bits per heavy atom. The van der Waals surface area contributed by atoms with Crippen LogP contribution in [-0.4, -0.2) is 11.7 Å². The molecule has 0 aromatic rings. The Morgan fingerprint density at radius 2 is 2.25 bits per heavy atom. The maximum Gasteiger partial charge on any atom is 1.00 e. The third-order valence-corrected chi connectivity index (χ3v) is 0.655. The zero-order valence-corrected chi connectivity index (χ0v) is 7.54. The van der Waals surface area contributed by atoms with Gasteiger partial charge in [-0.3, -0.25) is 4.99 Å². The summed E-state index contributed by atoms with van der Waals surface area (Å²) >= 11 is 0. The Hall–Kier alpha value is 0.516. The van der Waals surface area contributed by atoms with Crippen LogP contribution in [0.5, 0.6) is 0 Å². The molecule has 1 rings (SSSR count). The summed E-state index contributed by atoms with van der Waals surface area (Å²) in [4.78, 5) is 13.0. The summed E-state index contributed by atoms with van der Waals surface area (Å²) in [7, 11) is 0. The Kier molecular flexibility index (Phi) is 3.75. The van der Waals surface area contributed by atoms with Gasteiger partial charge in [0.15, 0.2) is 0 Å². The van der Waals surface area contributed by atoms with E-state index >= 15 is 0 Å². The van der Waals surface area contributed by atoms with Crippen LogP contribution in [0.4, 0.5) is 0 Å². The summed E-state index contributed by atoms with van der Waals surface area (Å²) in [5, 5.41) is 9.69. The number of rotatable bonds is 1. The topological polar surface area (TPSA) is 52.5 Å². The van der Waals surface area contributed by atoms with E-state index in [-0.39, 0.29) is 57.1 Å². The van der Waals surface area contributed by atoms with E-state index in [2.05, 4.69) is 4.99 Å². The Labute approximate surface area is 88.9 Å². The number of aliphatic carboxylic acids is 1. The van der Waals surface area contributed by atoms with Crippen LogP contribution < -0.4 is 56.5 Å². The summed E-state index contributed by atoms with van der Waals surface area (Å²) in [5.74, 6) is -1.21. The van der Waals surface area contributed by atoms with Gasteiger partial charge in [0, 0.05) is 6.20 Å². The van der Waals surface area contributed by atoms with Crippen LogP contribution in [0.1, 0.15) is 0 Å². The van der Waals surface area contributed by atoms with Crippen molar-refractivity contribution in [1.82, 2.24) is 0 Å². The summed E-state index contributed by atoms with van der Waals surface area (Å²) in [6, 6.07) is 0. The van der Waals surface area contributed by atoms with Gasteiger partial charge in [-0.05, 0) is 6.08 Å². The van der Waals surface area contributed by atoms with Crippen molar-refractivity contribution in [2.45, 2.75) is 0 Å². The first kappa shape index (κ1) is 8.52. The van der Waals surface area contributed by atoms with Gasteiger partial charge >= 0.3 is 51.4 Å². The molecule has 4 heteroatoms. The summed E-state index contributed by atoms with van der Waals surface area (Å²) in [5.41, 5.74) is 0.0278. The van der Waals surface area contributed by atoms with E-state index in [0.717, 1.165) is 0 Å². The molecule has 0 saturated carbocycles. The molecule has 0 aromatic heterocycles. The quantitative estimate of drug-likeness (QED) is 0.342. The van der Waals surface area contributed by atoms with Gasteiger partial charge in [0.25, 0.3) is 0 Å². The minimum absolute atomic E-state index is 0. The van der Waals surface area contributed by atoms with E-state index in [9.17, 15) is 9.90 Å². The third-order valence-electron chi connectivity index (χ3n) is 0.655. The van der Waals surface area contributed by atoms with Crippen molar-refractivity contribution in [2.75, 3.05) is 0 Å². The molecule has 0 radical (unpaired) electrons. The van der Waals surface area contributed by atoms with E-state index in [1.807, 2.05) is 0 Å². The van der Waals surface area contributed by atoms with Gasteiger partial charge in [-0.2, -0.15) is 0 Å². The predicted octanol–water partition coefficient (Wildman–Crippen LogP) is -4.29. The number of aliphatic imine (C=N–C) groups is 1. The summed E-state index contributed by atoms with van der Waals surface area (Å²) in [6.07, 6.45) is 2.79. The molecule has 1 aliphatic rings. The zero-order chi connectivity index (χ0) is 5.28. The molecule has 1 aliphatic heterocycles. The molecule has 0 saturated heterocycles. The molecule has 1 heterocycles. The van der Waals surface area contributed by atoms with Gasteiger partial charge in [0.2, 0.25) is 0 Å². The van der Waals surface area contributed by atoms with Crippen LogP contribution in [0, 0.1) is 0 Å². The number of carbonyl (C=O) groups excluding carboxylic acids is 1. The second-order valence-corrected chi connectivity index (χ2v) is 1.12. The van der Waals surface area contributed by atoms with Gasteiger partial charge in [0.05, 0.1) is 11.7 Å². The fraction of sp³-hybridized carbons (Fsp3) is 0. The Morgan fingerprint density at radius 3 is 2.25 bits per heavy atom. The summed E-state index contributed by atoms with van der Waals surface area (Å²) in [6.45, 7) is 0. The number of hydrogen-bond donors (Lipinski definition) is 0. The van der Waals surface area contributed by atoms with Gasteiger partial charge in [0.1, 0.15) is 0 Å². The van der Waals surface area contributed by atoms with Crippen LogP contribution in [0.2, 0.25) is 0 Å². The maximum absolute atomic E-state index is 9.69.